The highest BCUT2D eigenvalue weighted by Gasteiger charge is 2.16. The predicted octanol–water partition coefficient (Wildman–Crippen LogP) is 2.58. The lowest BCUT2D eigenvalue weighted by Crippen LogP contribution is -2.24. The Kier molecular flexibility index (Phi) is 3.72. The molecule has 0 fully saturated rings. The van der Waals surface area contributed by atoms with Crippen LogP contribution in [-0.4, -0.2) is 12.2 Å². The van der Waals surface area contributed by atoms with Gasteiger partial charge in [-0.1, -0.05) is 36.8 Å². The van der Waals surface area contributed by atoms with Crippen LogP contribution in [0.1, 0.15) is 30.9 Å². The Bertz CT molecular complexity index is 332. The van der Waals surface area contributed by atoms with Gasteiger partial charge in [0.1, 0.15) is 6.10 Å². The Morgan fingerprint density at radius 2 is 1.80 bits per heavy atom. The third-order valence-electron chi connectivity index (χ3n) is 2.61. The van der Waals surface area contributed by atoms with Crippen LogP contribution in [0.25, 0.3) is 0 Å². The fourth-order valence-corrected chi connectivity index (χ4v) is 1.43. The average Bonchev–Trinajstić information content (AvgIpc) is 2.17. The van der Waals surface area contributed by atoms with E-state index in [2.05, 4.69) is 0 Å². The van der Waals surface area contributed by atoms with Crippen molar-refractivity contribution in [1.82, 2.24) is 0 Å². The molecule has 1 aromatic carbocycles. The first-order valence-corrected chi connectivity index (χ1v) is 5.03. The molecule has 0 heterocycles. The van der Waals surface area contributed by atoms with Crippen LogP contribution in [0.15, 0.2) is 24.3 Å². The van der Waals surface area contributed by atoms with Crippen LogP contribution in [-0.2, 0) is 4.74 Å². The number of hydrogen-bond acceptors (Lipinski definition) is 2. The number of carbonyl (C=O) groups is 1. The second-order valence-corrected chi connectivity index (χ2v) is 3.84. The molecule has 15 heavy (non-hydrogen) atoms. The predicted molar refractivity (Wildman–Crippen MR) is 59.7 cm³/mol. The number of aryl methyl sites for hydroxylation is 1. The Hall–Kier alpha value is -1.51. The lowest BCUT2D eigenvalue weighted by atomic mass is 9.95. The maximum Gasteiger partial charge on any atom is 0.404 e. The van der Waals surface area contributed by atoms with E-state index in [1.54, 1.807) is 0 Å². The van der Waals surface area contributed by atoms with E-state index < -0.39 is 6.09 Å². The SMILES string of the molecule is Cc1ccc(C(C)C(C)OC(N)=O)cc1. The van der Waals surface area contributed by atoms with Gasteiger partial charge in [-0.15, -0.1) is 0 Å². The zero-order valence-electron chi connectivity index (χ0n) is 9.36. The second kappa shape index (κ2) is 4.82. The largest absolute Gasteiger partial charge is 0.446 e. The van der Waals surface area contributed by atoms with Crippen LogP contribution in [0.5, 0.6) is 0 Å². The topological polar surface area (TPSA) is 52.3 Å². The maximum absolute atomic E-state index is 10.6. The Labute approximate surface area is 90.2 Å². The molecular formula is C12H17NO2. The first-order valence-electron chi connectivity index (χ1n) is 5.03. The van der Waals surface area contributed by atoms with E-state index in [1.165, 1.54) is 5.56 Å². The van der Waals surface area contributed by atoms with Gasteiger partial charge in [0.15, 0.2) is 0 Å². The van der Waals surface area contributed by atoms with Gasteiger partial charge in [0.2, 0.25) is 0 Å². The molecule has 2 N–H and O–H groups in total. The van der Waals surface area contributed by atoms with Crippen LogP contribution in [0.2, 0.25) is 0 Å². The van der Waals surface area contributed by atoms with Crippen LogP contribution in [0, 0.1) is 6.92 Å². The average molecular weight is 207 g/mol. The first-order chi connectivity index (χ1) is 7.00. The van der Waals surface area contributed by atoms with Crippen LogP contribution < -0.4 is 5.73 Å². The molecule has 0 spiro atoms. The van der Waals surface area contributed by atoms with Crippen LogP contribution in [0.3, 0.4) is 0 Å². The lowest BCUT2D eigenvalue weighted by molar-refractivity contribution is 0.103. The maximum atomic E-state index is 10.6. The van der Waals surface area contributed by atoms with E-state index in [0.717, 1.165) is 5.56 Å². The van der Waals surface area contributed by atoms with Crippen LogP contribution >= 0.6 is 0 Å². The zero-order chi connectivity index (χ0) is 11.4. The van der Waals surface area contributed by atoms with E-state index in [4.69, 9.17) is 10.5 Å². The minimum absolute atomic E-state index is 0.151. The van der Waals surface area contributed by atoms with Gasteiger partial charge in [0, 0.05) is 5.92 Å². The van der Waals surface area contributed by atoms with Crippen molar-refractivity contribution in [3.63, 3.8) is 0 Å². The molecule has 82 valence electrons. The van der Waals surface area contributed by atoms with Gasteiger partial charge >= 0.3 is 6.09 Å². The molecule has 1 aromatic rings. The fraction of sp³-hybridized carbons (Fsp3) is 0.417. The number of nitrogens with two attached hydrogens (primary N) is 1. The monoisotopic (exact) mass is 207 g/mol. The van der Waals surface area contributed by atoms with Crippen molar-refractivity contribution >= 4 is 6.09 Å². The number of ether oxygens (including phenoxy) is 1. The normalized spacial score (nSPS) is 14.3. The van der Waals surface area contributed by atoms with E-state index >= 15 is 0 Å². The van der Waals surface area contributed by atoms with Gasteiger partial charge in [-0.25, -0.2) is 4.79 Å². The van der Waals surface area contributed by atoms with Gasteiger partial charge in [-0.2, -0.15) is 0 Å². The Balaban J connectivity index is 2.71. The van der Waals surface area contributed by atoms with E-state index in [0.29, 0.717) is 0 Å². The standard InChI is InChI=1S/C12H17NO2/c1-8-4-6-11(7-5-8)9(2)10(3)15-12(13)14/h4-7,9-10H,1-3H3,(H2,13,14). The van der Waals surface area contributed by atoms with E-state index in [-0.39, 0.29) is 12.0 Å². The number of amides is 1. The van der Waals surface area contributed by atoms with Crippen molar-refractivity contribution in [1.29, 1.82) is 0 Å². The smallest absolute Gasteiger partial charge is 0.404 e. The molecule has 0 aliphatic carbocycles. The molecular weight excluding hydrogens is 190 g/mol. The number of primary amides is 1. The highest BCUT2D eigenvalue weighted by Crippen LogP contribution is 2.21. The molecule has 3 heteroatoms. The summed E-state index contributed by atoms with van der Waals surface area (Å²) in [4.78, 5) is 10.6. The van der Waals surface area contributed by atoms with E-state index in [1.807, 2.05) is 45.0 Å². The molecule has 0 saturated carbocycles. The summed E-state index contributed by atoms with van der Waals surface area (Å²) in [5.41, 5.74) is 7.34. The van der Waals surface area contributed by atoms with Crippen molar-refractivity contribution in [2.24, 2.45) is 5.73 Å². The molecule has 0 saturated heterocycles. The molecule has 2 atom stereocenters. The van der Waals surface area contributed by atoms with Gasteiger partial charge in [-0.3, -0.25) is 0 Å². The number of carbonyl (C=O) groups excluding carboxylic acids is 1. The molecule has 0 bridgehead atoms. The number of hydrogen-bond donors (Lipinski definition) is 1. The van der Waals surface area contributed by atoms with E-state index in [9.17, 15) is 4.79 Å². The van der Waals surface area contributed by atoms with Crippen LogP contribution in [0.4, 0.5) is 4.79 Å². The third-order valence-corrected chi connectivity index (χ3v) is 2.61. The molecule has 0 aromatic heterocycles. The summed E-state index contributed by atoms with van der Waals surface area (Å²) in [7, 11) is 0. The Morgan fingerprint density at radius 3 is 2.27 bits per heavy atom. The molecule has 1 rings (SSSR count). The quantitative estimate of drug-likeness (QED) is 0.828. The van der Waals surface area contributed by atoms with Gasteiger partial charge < -0.3 is 10.5 Å². The first kappa shape index (κ1) is 11.6. The molecule has 3 nitrogen and oxygen atoms in total. The summed E-state index contributed by atoms with van der Waals surface area (Å²) >= 11 is 0. The summed E-state index contributed by atoms with van der Waals surface area (Å²) < 4.78 is 4.94. The highest BCUT2D eigenvalue weighted by atomic mass is 16.6. The van der Waals surface area contributed by atoms with Gasteiger partial charge in [0.05, 0.1) is 0 Å². The minimum Gasteiger partial charge on any atom is -0.446 e. The molecule has 1 amide bonds. The second-order valence-electron chi connectivity index (χ2n) is 3.84. The van der Waals surface area contributed by atoms with Gasteiger partial charge in [0.25, 0.3) is 0 Å². The number of rotatable bonds is 3. The van der Waals surface area contributed by atoms with Crippen molar-refractivity contribution in [3.8, 4) is 0 Å². The zero-order valence-corrected chi connectivity index (χ0v) is 9.36. The summed E-state index contributed by atoms with van der Waals surface area (Å²) in [6.45, 7) is 5.89. The lowest BCUT2D eigenvalue weighted by Gasteiger charge is -2.19. The molecule has 0 radical (unpaired) electrons. The Morgan fingerprint density at radius 1 is 1.27 bits per heavy atom. The summed E-state index contributed by atoms with van der Waals surface area (Å²) in [6.07, 6.45) is -0.924. The molecule has 0 aliphatic rings. The third kappa shape index (κ3) is 3.27. The number of benzene rings is 1. The van der Waals surface area contributed by atoms with Crippen molar-refractivity contribution in [2.75, 3.05) is 0 Å². The van der Waals surface area contributed by atoms with Crippen molar-refractivity contribution < 1.29 is 9.53 Å². The summed E-state index contributed by atoms with van der Waals surface area (Å²) in [6, 6.07) is 8.17. The van der Waals surface area contributed by atoms with Crippen molar-refractivity contribution in [3.05, 3.63) is 35.4 Å². The highest BCUT2D eigenvalue weighted by molar-refractivity contribution is 5.64. The molecule has 2 unspecified atom stereocenters. The molecule has 0 aliphatic heterocycles. The fourth-order valence-electron chi connectivity index (χ4n) is 1.43. The summed E-state index contributed by atoms with van der Waals surface area (Å²) in [5, 5.41) is 0. The minimum atomic E-state index is -0.721. The van der Waals surface area contributed by atoms with Gasteiger partial charge in [-0.05, 0) is 19.4 Å². The summed E-state index contributed by atoms with van der Waals surface area (Å²) in [5.74, 6) is 0.151. The van der Waals surface area contributed by atoms with Crippen molar-refractivity contribution in [2.45, 2.75) is 32.8 Å².